The molecule has 0 heterocycles. The number of rotatable bonds is 2. The van der Waals surface area contributed by atoms with Crippen molar-refractivity contribution in [3.63, 3.8) is 0 Å². The van der Waals surface area contributed by atoms with E-state index < -0.39 is 17.8 Å². The van der Waals surface area contributed by atoms with Crippen LogP contribution in [0.25, 0.3) is 0 Å². The third kappa shape index (κ3) is 2.99. The molecule has 0 bridgehead atoms. The van der Waals surface area contributed by atoms with Crippen molar-refractivity contribution in [1.82, 2.24) is 0 Å². The van der Waals surface area contributed by atoms with Gasteiger partial charge in [-0.2, -0.15) is 18.4 Å². The number of aliphatic hydroxyl groups is 1. The lowest BCUT2D eigenvalue weighted by atomic mass is 10.1. The molecule has 3 nitrogen and oxygen atoms in total. The first kappa shape index (κ1) is 13.7. The maximum Gasteiger partial charge on any atom is 0.416 e. The fraction of sp³-hybridized carbons (Fsp3) is 0.462. The van der Waals surface area contributed by atoms with Gasteiger partial charge in [-0.3, -0.25) is 0 Å². The van der Waals surface area contributed by atoms with E-state index in [1.165, 1.54) is 6.07 Å². The van der Waals surface area contributed by atoms with Crippen LogP contribution >= 0.6 is 0 Å². The van der Waals surface area contributed by atoms with Crippen LogP contribution in [-0.2, 0) is 6.18 Å². The number of benzene rings is 1. The summed E-state index contributed by atoms with van der Waals surface area (Å²) in [6, 6.07) is 4.55. The van der Waals surface area contributed by atoms with Crippen molar-refractivity contribution >= 4 is 5.69 Å². The van der Waals surface area contributed by atoms with Gasteiger partial charge in [-0.05, 0) is 37.5 Å². The van der Waals surface area contributed by atoms with Crippen LogP contribution in [-0.4, -0.2) is 17.3 Å². The van der Waals surface area contributed by atoms with Crippen LogP contribution in [0.15, 0.2) is 18.2 Å². The van der Waals surface area contributed by atoms with Gasteiger partial charge >= 0.3 is 6.18 Å². The Morgan fingerprint density at radius 1 is 1.32 bits per heavy atom. The zero-order valence-corrected chi connectivity index (χ0v) is 10.0. The Bertz CT molecular complexity index is 508. The Labute approximate surface area is 108 Å². The number of hydrogen-bond acceptors (Lipinski definition) is 3. The molecule has 1 aromatic rings. The fourth-order valence-electron chi connectivity index (χ4n) is 2.25. The summed E-state index contributed by atoms with van der Waals surface area (Å²) in [5.74, 6) is 0. The molecular weight excluding hydrogens is 257 g/mol. The van der Waals surface area contributed by atoms with Crippen molar-refractivity contribution in [2.45, 2.75) is 37.6 Å². The topological polar surface area (TPSA) is 56.0 Å². The highest BCUT2D eigenvalue weighted by atomic mass is 19.4. The fourth-order valence-corrected chi connectivity index (χ4v) is 2.25. The molecule has 0 saturated heterocycles. The summed E-state index contributed by atoms with van der Waals surface area (Å²) in [7, 11) is 0. The van der Waals surface area contributed by atoms with Crippen molar-refractivity contribution in [1.29, 1.82) is 5.26 Å². The molecule has 1 aromatic carbocycles. The lowest BCUT2D eigenvalue weighted by Gasteiger charge is -2.19. The van der Waals surface area contributed by atoms with E-state index in [-0.39, 0.29) is 11.6 Å². The van der Waals surface area contributed by atoms with Crippen LogP contribution in [0, 0.1) is 11.3 Å². The van der Waals surface area contributed by atoms with Gasteiger partial charge in [-0.15, -0.1) is 0 Å². The zero-order chi connectivity index (χ0) is 14.0. The Morgan fingerprint density at radius 3 is 2.58 bits per heavy atom. The third-order valence-electron chi connectivity index (χ3n) is 3.29. The Balaban J connectivity index is 2.24. The molecule has 1 aliphatic rings. The van der Waals surface area contributed by atoms with Gasteiger partial charge < -0.3 is 10.4 Å². The number of alkyl halides is 3. The standard InChI is InChI=1S/C13H13F3N2O/c14-13(15,16)9-4-5-10(8(6-9)7-17)18-11-2-1-3-12(11)19/h4-6,11-12,18-19H,1-3H2/t11-,12-/m1/s1. The van der Waals surface area contributed by atoms with E-state index in [9.17, 15) is 18.3 Å². The smallest absolute Gasteiger partial charge is 0.391 e. The molecular formula is C13H13F3N2O. The molecule has 0 spiro atoms. The van der Waals surface area contributed by atoms with Gasteiger partial charge in [-0.1, -0.05) is 0 Å². The van der Waals surface area contributed by atoms with Gasteiger partial charge in [0.2, 0.25) is 0 Å². The first-order valence-corrected chi connectivity index (χ1v) is 5.98. The maximum atomic E-state index is 12.5. The second kappa shape index (κ2) is 5.10. The average molecular weight is 270 g/mol. The highest BCUT2D eigenvalue weighted by Crippen LogP contribution is 2.32. The van der Waals surface area contributed by atoms with Gasteiger partial charge in [0.1, 0.15) is 6.07 Å². The zero-order valence-electron chi connectivity index (χ0n) is 10.0. The second-order valence-corrected chi connectivity index (χ2v) is 4.62. The summed E-state index contributed by atoms with van der Waals surface area (Å²) >= 11 is 0. The molecule has 0 aromatic heterocycles. The summed E-state index contributed by atoms with van der Waals surface area (Å²) < 4.78 is 37.6. The van der Waals surface area contributed by atoms with Crippen LogP contribution in [0.2, 0.25) is 0 Å². The van der Waals surface area contributed by atoms with Crippen molar-refractivity contribution in [3.05, 3.63) is 29.3 Å². The summed E-state index contributed by atoms with van der Waals surface area (Å²) in [4.78, 5) is 0. The maximum absolute atomic E-state index is 12.5. The van der Waals surface area contributed by atoms with E-state index in [4.69, 9.17) is 5.26 Å². The molecule has 102 valence electrons. The van der Waals surface area contributed by atoms with E-state index in [0.29, 0.717) is 12.1 Å². The Kier molecular flexibility index (Phi) is 3.67. The lowest BCUT2D eigenvalue weighted by molar-refractivity contribution is -0.137. The largest absolute Gasteiger partial charge is 0.416 e. The number of aliphatic hydroxyl groups excluding tert-OH is 1. The molecule has 2 atom stereocenters. The van der Waals surface area contributed by atoms with E-state index in [1.807, 2.05) is 0 Å². The van der Waals surface area contributed by atoms with E-state index in [2.05, 4.69) is 5.32 Å². The summed E-state index contributed by atoms with van der Waals surface area (Å²) in [6.07, 6.45) is -2.71. The average Bonchev–Trinajstić information content (AvgIpc) is 2.74. The predicted molar refractivity (Wildman–Crippen MR) is 63.4 cm³/mol. The number of nitrogens with one attached hydrogen (secondary N) is 1. The highest BCUT2D eigenvalue weighted by Gasteiger charge is 2.31. The highest BCUT2D eigenvalue weighted by molar-refractivity contribution is 5.59. The molecule has 2 N–H and O–H groups in total. The molecule has 1 aliphatic carbocycles. The number of halogens is 3. The number of hydrogen-bond donors (Lipinski definition) is 2. The van der Waals surface area contributed by atoms with E-state index >= 15 is 0 Å². The first-order valence-electron chi connectivity index (χ1n) is 5.98. The molecule has 0 unspecified atom stereocenters. The van der Waals surface area contributed by atoms with Gasteiger partial charge in [0.05, 0.1) is 29.0 Å². The summed E-state index contributed by atoms with van der Waals surface area (Å²) in [5, 5.41) is 21.5. The molecule has 0 aliphatic heterocycles. The van der Waals surface area contributed by atoms with Gasteiger partial charge in [0, 0.05) is 0 Å². The molecule has 1 saturated carbocycles. The minimum Gasteiger partial charge on any atom is -0.391 e. The summed E-state index contributed by atoms with van der Waals surface area (Å²) in [5.41, 5.74) is -0.572. The minimum atomic E-state index is -4.46. The number of anilines is 1. The number of nitrogens with zero attached hydrogens (tertiary/aromatic N) is 1. The van der Waals surface area contributed by atoms with Crippen molar-refractivity contribution < 1.29 is 18.3 Å². The SMILES string of the molecule is N#Cc1cc(C(F)(F)F)ccc1N[C@@H]1CCC[C@H]1O. The third-order valence-corrected chi connectivity index (χ3v) is 3.29. The monoisotopic (exact) mass is 270 g/mol. The Morgan fingerprint density at radius 2 is 2.05 bits per heavy atom. The molecule has 6 heteroatoms. The van der Waals surface area contributed by atoms with Crippen LogP contribution in [0.4, 0.5) is 18.9 Å². The van der Waals surface area contributed by atoms with Crippen LogP contribution in [0.5, 0.6) is 0 Å². The second-order valence-electron chi connectivity index (χ2n) is 4.62. The summed E-state index contributed by atoms with van der Waals surface area (Å²) in [6.45, 7) is 0. The van der Waals surface area contributed by atoms with Crippen LogP contribution < -0.4 is 5.32 Å². The van der Waals surface area contributed by atoms with Crippen molar-refractivity contribution in [3.8, 4) is 6.07 Å². The van der Waals surface area contributed by atoms with Gasteiger partial charge in [-0.25, -0.2) is 0 Å². The molecule has 0 radical (unpaired) electrons. The molecule has 1 fully saturated rings. The van der Waals surface area contributed by atoms with Gasteiger partial charge in [0.15, 0.2) is 0 Å². The normalized spacial score (nSPS) is 23.1. The van der Waals surface area contributed by atoms with Crippen molar-refractivity contribution in [2.75, 3.05) is 5.32 Å². The first-order chi connectivity index (χ1) is 8.91. The number of nitriles is 1. The van der Waals surface area contributed by atoms with Crippen LogP contribution in [0.3, 0.4) is 0 Å². The molecule has 0 amide bonds. The minimum absolute atomic E-state index is 0.0612. The Hall–Kier alpha value is -1.74. The van der Waals surface area contributed by atoms with Crippen molar-refractivity contribution in [2.24, 2.45) is 0 Å². The molecule has 2 rings (SSSR count). The predicted octanol–water partition coefficient (Wildman–Crippen LogP) is 2.90. The van der Waals surface area contributed by atoms with E-state index in [0.717, 1.165) is 25.0 Å². The molecule has 19 heavy (non-hydrogen) atoms. The van der Waals surface area contributed by atoms with Gasteiger partial charge in [0.25, 0.3) is 0 Å². The van der Waals surface area contributed by atoms with E-state index in [1.54, 1.807) is 6.07 Å². The lowest BCUT2D eigenvalue weighted by Crippen LogP contribution is -2.28. The van der Waals surface area contributed by atoms with Crippen LogP contribution in [0.1, 0.15) is 30.4 Å². The quantitative estimate of drug-likeness (QED) is 0.868.